The lowest BCUT2D eigenvalue weighted by atomic mass is 10.0. The van der Waals surface area contributed by atoms with Gasteiger partial charge in [-0.3, -0.25) is 18.6 Å². The molecule has 0 aliphatic rings. The molecule has 0 saturated carbocycles. The summed E-state index contributed by atoms with van der Waals surface area (Å²) in [6.07, 6.45) is 35.3. The number of allylic oxidation sites excluding steroid dienone is 4. The molecule has 0 aromatic heterocycles. The Morgan fingerprint density at radius 3 is 1.71 bits per heavy atom. The highest BCUT2D eigenvalue weighted by Gasteiger charge is 2.23. The molecule has 0 aliphatic carbocycles. The van der Waals surface area contributed by atoms with Crippen LogP contribution in [0.25, 0.3) is 0 Å². The van der Waals surface area contributed by atoms with Crippen molar-refractivity contribution < 1.29 is 37.9 Å². The van der Waals surface area contributed by atoms with E-state index in [-0.39, 0.29) is 32.1 Å². The minimum Gasteiger partial charge on any atom is -0.463 e. The molecule has 48 heavy (non-hydrogen) atoms. The highest BCUT2D eigenvalue weighted by Crippen LogP contribution is 2.42. The second-order valence-corrected chi connectivity index (χ2v) is 14.4. The summed E-state index contributed by atoms with van der Waals surface area (Å²) in [6, 6.07) is 0. The first-order valence-corrected chi connectivity index (χ1v) is 20.8. The summed E-state index contributed by atoms with van der Waals surface area (Å²) in [5.41, 5.74) is 0. The van der Waals surface area contributed by atoms with Crippen molar-refractivity contribution >= 4 is 19.7 Å². The van der Waals surface area contributed by atoms with Crippen LogP contribution in [0, 0.1) is 0 Å². The van der Waals surface area contributed by atoms with Crippen molar-refractivity contribution in [3.63, 3.8) is 0 Å². The molecule has 9 nitrogen and oxygen atoms in total. The molecule has 2 unspecified atom stereocenters. The van der Waals surface area contributed by atoms with Gasteiger partial charge in [0.1, 0.15) is 12.7 Å². The summed E-state index contributed by atoms with van der Waals surface area (Å²) in [4.78, 5) is 33.7. The fraction of sp³-hybridized carbons (Fsp3) is 0.842. The van der Waals surface area contributed by atoms with Gasteiger partial charge in [0.25, 0.3) is 0 Å². The summed E-state index contributed by atoms with van der Waals surface area (Å²) < 4.78 is 26.8. The quantitative estimate of drug-likeness (QED) is 0.0255. The molecule has 10 heteroatoms. The number of aliphatic hydroxyl groups is 1. The van der Waals surface area contributed by atoms with Gasteiger partial charge >= 0.3 is 13.8 Å². The maximum atomic E-state index is 12.0. The van der Waals surface area contributed by atoms with Crippen LogP contribution < -0.4 is 5.32 Å². The van der Waals surface area contributed by atoms with Crippen LogP contribution in [0.1, 0.15) is 174 Å². The van der Waals surface area contributed by atoms with Gasteiger partial charge in [-0.05, 0) is 44.9 Å². The van der Waals surface area contributed by atoms with E-state index in [0.29, 0.717) is 6.42 Å². The number of phosphoric ester groups is 1. The Morgan fingerprint density at radius 1 is 0.646 bits per heavy atom. The second kappa shape index (κ2) is 35.3. The summed E-state index contributed by atoms with van der Waals surface area (Å²) in [5.74, 6) is -0.529. The first kappa shape index (κ1) is 46.5. The summed E-state index contributed by atoms with van der Waals surface area (Å²) in [7, 11) is -4.41. The van der Waals surface area contributed by atoms with Gasteiger partial charge in [0.05, 0.1) is 13.2 Å². The number of rotatable bonds is 36. The maximum absolute atomic E-state index is 12.0. The van der Waals surface area contributed by atoms with Crippen LogP contribution in [0.3, 0.4) is 0 Å². The summed E-state index contributed by atoms with van der Waals surface area (Å²) in [6.45, 7) is 3.50. The Kier molecular flexibility index (Phi) is 34.2. The van der Waals surface area contributed by atoms with Gasteiger partial charge in [-0.1, -0.05) is 141 Å². The average molecular weight is 702 g/mol. The predicted molar refractivity (Wildman–Crippen MR) is 197 cm³/mol. The van der Waals surface area contributed by atoms with E-state index in [4.69, 9.17) is 13.8 Å². The van der Waals surface area contributed by atoms with Crippen molar-refractivity contribution in [2.45, 2.75) is 180 Å². The average Bonchev–Trinajstić information content (AvgIpc) is 3.07. The van der Waals surface area contributed by atoms with Gasteiger partial charge in [0.15, 0.2) is 0 Å². The van der Waals surface area contributed by atoms with Crippen molar-refractivity contribution in [3.05, 3.63) is 24.3 Å². The number of aliphatic hydroxyl groups excluding tert-OH is 1. The number of unbranched alkanes of at least 4 members (excludes halogenated alkanes) is 19. The van der Waals surface area contributed by atoms with Crippen molar-refractivity contribution in [1.82, 2.24) is 5.32 Å². The van der Waals surface area contributed by atoms with Gasteiger partial charge in [0, 0.05) is 19.4 Å². The Hall–Kier alpha value is -1.51. The molecular weight excluding hydrogens is 629 g/mol. The number of ether oxygens (including phenoxy) is 1. The monoisotopic (exact) mass is 701 g/mol. The van der Waals surface area contributed by atoms with E-state index in [2.05, 4.69) is 43.5 Å². The van der Waals surface area contributed by atoms with Gasteiger partial charge in [-0.2, -0.15) is 0 Å². The molecule has 2 atom stereocenters. The molecule has 0 fully saturated rings. The molecule has 1 amide bonds. The highest BCUT2D eigenvalue weighted by molar-refractivity contribution is 7.47. The lowest BCUT2D eigenvalue weighted by Gasteiger charge is -2.15. The SMILES string of the molecule is CCCCC/C=C\C/C=C\CCCCCCCC(=O)NCCOP(=O)(O)OCC(O)COC(=O)CCCCCCCCCCCCCC. The first-order chi connectivity index (χ1) is 23.3. The zero-order valence-electron chi connectivity index (χ0n) is 30.7. The van der Waals surface area contributed by atoms with E-state index in [1.54, 1.807) is 0 Å². The lowest BCUT2D eigenvalue weighted by Crippen LogP contribution is -2.27. The molecule has 282 valence electrons. The largest absolute Gasteiger partial charge is 0.472 e. The number of carbonyl (C=O) groups is 2. The standard InChI is InChI=1S/C38H72NO8P/c1-3-5-7-9-11-13-15-17-18-19-20-22-24-26-28-30-37(41)39-32-33-46-48(43,44)47-35-36(40)34-45-38(42)31-29-27-25-23-21-16-14-12-10-8-6-4-2/h11,13,17-18,36,40H,3-10,12,14-16,19-35H2,1-2H3,(H,39,41)(H,43,44)/b13-11-,18-17-. The van der Waals surface area contributed by atoms with E-state index in [1.165, 1.54) is 83.5 Å². The minimum atomic E-state index is -4.41. The Bertz CT molecular complexity index is 851. The molecule has 0 aromatic rings. The number of carbonyl (C=O) groups excluding carboxylic acids is 2. The van der Waals surface area contributed by atoms with Crippen LogP contribution in [0.2, 0.25) is 0 Å². The van der Waals surface area contributed by atoms with Crippen molar-refractivity contribution in [3.8, 4) is 0 Å². The fourth-order valence-corrected chi connectivity index (χ4v) is 5.93. The molecule has 0 spiro atoms. The maximum Gasteiger partial charge on any atom is 0.472 e. The molecule has 3 N–H and O–H groups in total. The van der Waals surface area contributed by atoms with Gasteiger partial charge in [0.2, 0.25) is 5.91 Å². The third-order valence-corrected chi connectivity index (χ3v) is 9.12. The summed E-state index contributed by atoms with van der Waals surface area (Å²) >= 11 is 0. The second-order valence-electron chi connectivity index (χ2n) is 12.9. The molecule has 0 aromatic carbocycles. The van der Waals surface area contributed by atoms with E-state index >= 15 is 0 Å². The smallest absolute Gasteiger partial charge is 0.463 e. The van der Waals surface area contributed by atoms with Crippen molar-refractivity contribution in [2.75, 3.05) is 26.4 Å². The third-order valence-electron chi connectivity index (χ3n) is 8.13. The number of esters is 1. The van der Waals surface area contributed by atoms with Crippen molar-refractivity contribution in [1.29, 1.82) is 0 Å². The topological polar surface area (TPSA) is 131 Å². The first-order valence-electron chi connectivity index (χ1n) is 19.3. The number of hydrogen-bond donors (Lipinski definition) is 3. The minimum absolute atomic E-state index is 0.0757. The number of phosphoric acid groups is 1. The van der Waals surface area contributed by atoms with E-state index < -0.39 is 26.5 Å². The molecule has 0 saturated heterocycles. The molecular formula is C38H72NO8P. The van der Waals surface area contributed by atoms with Crippen LogP contribution in [0.4, 0.5) is 0 Å². The Labute approximate surface area is 293 Å². The molecule has 0 radical (unpaired) electrons. The zero-order valence-corrected chi connectivity index (χ0v) is 31.6. The number of hydrogen-bond acceptors (Lipinski definition) is 7. The van der Waals surface area contributed by atoms with Gasteiger partial charge in [-0.25, -0.2) is 4.57 Å². The number of amides is 1. The van der Waals surface area contributed by atoms with Crippen LogP contribution in [-0.4, -0.2) is 54.3 Å². The van der Waals surface area contributed by atoms with Crippen LogP contribution in [-0.2, 0) is 27.9 Å². The van der Waals surface area contributed by atoms with Crippen molar-refractivity contribution in [2.24, 2.45) is 0 Å². The normalized spacial score (nSPS) is 13.7. The predicted octanol–water partition coefficient (Wildman–Crippen LogP) is 10.0. The van der Waals surface area contributed by atoms with Crippen LogP contribution in [0.5, 0.6) is 0 Å². The molecule has 0 aliphatic heterocycles. The molecule has 0 bridgehead atoms. The van der Waals surface area contributed by atoms with Gasteiger partial charge in [-0.15, -0.1) is 0 Å². The van der Waals surface area contributed by atoms with Crippen LogP contribution in [0.15, 0.2) is 24.3 Å². The van der Waals surface area contributed by atoms with E-state index in [0.717, 1.165) is 64.2 Å². The summed E-state index contributed by atoms with van der Waals surface area (Å²) in [5, 5.41) is 12.6. The van der Waals surface area contributed by atoms with Crippen LogP contribution >= 0.6 is 7.82 Å². The van der Waals surface area contributed by atoms with E-state index in [1.807, 2.05) is 0 Å². The lowest BCUT2D eigenvalue weighted by molar-refractivity contribution is -0.147. The molecule has 0 heterocycles. The fourth-order valence-electron chi connectivity index (χ4n) is 5.17. The Balaban J connectivity index is 3.64. The third kappa shape index (κ3) is 35.8. The zero-order chi connectivity index (χ0) is 35.4. The van der Waals surface area contributed by atoms with E-state index in [9.17, 15) is 24.2 Å². The molecule has 0 rings (SSSR count). The van der Waals surface area contributed by atoms with Gasteiger partial charge < -0.3 is 20.1 Å². The highest BCUT2D eigenvalue weighted by atomic mass is 31.2. The number of nitrogens with one attached hydrogen (secondary N) is 1. The Morgan fingerprint density at radius 2 is 1.12 bits per heavy atom.